The van der Waals surface area contributed by atoms with Crippen molar-refractivity contribution in [3.05, 3.63) is 302 Å². The minimum Gasteiger partial charge on any atom is -0.459 e. The second-order valence-electron chi connectivity index (χ2n) is 26.1. The largest absolute Gasteiger partial charge is 0.459 e. The van der Waals surface area contributed by atoms with Gasteiger partial charge in [0.05, 0.1) is 57.1 Å². The predicted molar refractivity (Wildman–Crippen MR) is 405 cm³/mol. The molecule has 7 heterocycles. The Kier molecular flexibility index (Phi) is 8.55. The molecule has 97 heavy (non-hydrogen) atoms. The molecule has 14 aromatic carbocycles. The minimum absolute atomic E-state index is 0.00984. The summed E-state index contributed by atoms with van der Waals surface area (Å²) in [7, 11) is 0. The Morgan fingerprint density at radius 3 is 1.43 bits per heavy atom. The zero-order valence-corrected chi connectivity index (χ0v) is 53.0. The highest BCUT2D eigenvalue weighted by Gasteiger charge is 2.55. The van der Waals surface area contributed by atoms with Gasteiger partial charge < -0.3 is 28.7 Å². The van der Waals surface area contributed by atoms with Crippen LogP contribution in [0.5, 0.6) is 23.0 Å². The summed E-state index contributed by atoms with van der Waals surface area (Å²) < 4.78 is 188. The quantitative estimate of drug-likeness (QED) is 0.148. The van der Waals surface area contributed by atoms with Crippen LogP contribution in [0.2, 0.25) is 0 Å². The monoisotopic (exact) mass is 1270 g/mol. The first-order chi connectivity index (χ1) is 54.9. The van der Waals surface area contributed by atoms with Gasteiger partial charge in [-0.05, 0) is 139 Å². The van der Waals surface area contributed by atoms with Crippen molar-refractivity contribution in [1.82, 2.24) is 4.57 Å². The van der Waals surface area contributed by atoms with Crippen LogP contribution in [-0.4, -0.2) is 18.0 Å². The fourth-order valence-corrected chi connectivity index (χ4v) is 16.8. The Balaban J connectivity index is 1.03. The van der Waals surface area contributed by atoms with Gasteiger partial charge >= 0.3 is 0 Å². The molecular weight excluding hydrogens is 1200 g/mol. The molecule has 0 radical (unpaired) electrons. The standard InChI is InChI=1S/C88H58B2N4O2S/c1-88(2,3)57-49-70-79-71(50-57)94(85-61(55-29-12-6-13-30-55)37-23-38-62(85)56-31-14-7-15-32-56)72-52-73-81-87(96-75-43-24-42-74-82(75)90(81)83-76(95-74)47-48-78-86(83)92(73)68-41-20-21-44-77(68)97-78)80(72)89(79)65-46-45-58(91-66-39-18-16-33-63(66)64-34-17-19-40-67(64)91)51-69(65)93(70)84-59(53-25-8-4-9-26-53)35-22-36-60(84)54-27-10-5-11-28-54/h4-52H,1-3H3/i16D,17D,18D,19D,24D,33D,34D,39D,40D,42D,43D,45D,46D,47D,48D,51D,52D. The third-order valence-electron chi connectivity index (χ3n) is 19.8. The molecule has 0 saturated heterocycles. The van der Waals surface area contributed by atoms with E-state index >= 15 is 0 Å². The van der Waals surface area contributed by atoms with Gasteiger partial charge in [0.1, 0.15) is 23.0 Å². The van der Waals surface area contributed by atoms with E-state index in [2.05, 4.69) is 37.8 Å². The van der Waals surface area contributed by atoms with Gasteiger partial charge in [-0.2, -0.15) is 0 Å². The smallest absolute Gasteiger partial charge is 0.266 e. The molecule has 0 aliphatic carbocycles. The van der Waals surface area contributed by atoms with Gasteiger partial charge in [0.25, 0.3) is 13.4 Å². The van der Waals surface area contributed by atoms with Crippen LogP contribution in [0.15, 0.2) is 307 Å². The average Bonchev–Trinajstić information content (AvgIpc) is 0.690. The number of benzene rings is 14. The second-order valence-corrected chi connectivity index (χ2v) is 27.1. The first-order valence-electron chi connectivity index (χ1n) is 40.8. The second kappa shape index (κ2) is 20.4. The Morgan fingerprint density at radius 2 is 0.866 bits per heavy atom. The molecule has 6 aliphatic heterocycles. The van der Waals surface area contributed by atoms with E-state index in [0.29, 0.717) is 71.4 Å². The van der Waals surface area contributed by atoms with Crippen LogP contribution in [0, 0.1) is 0 Å². The van der Waals surface area contributed by atoms with Crippen LogP contribution < -0.4 is 57.0 Å². The maximum absolute atomic E-state index is 12.1. The third kappa shape index (κ3) is 7.77. The van der Waals surface area contributed by atoms with Gasteiger partial charge in [-0.15, -0.1) is 0 Å². The number of ether oxygens (including phenoxy) is 2. The van der Waals surface area contributed by atoms with Gasteiger partial charge in [0.15, 0.2) is 0 Å². The lowest BCUT2D eigenvalue weighted by atomic mass is 9.29. The molecule has 0 bridgehead atoms. The Labute approximate surface area is 591 Å². The van der Waals surface area contributed by atoms with E-state index in [0.717, 1.165) is 43.5 Å². The summed E-state index contributed by atoms with van der Waals surface area (Å²) in [6.07, 6.45) is 0. The van der Waals surface area contributed by atoms with Gasteiger partial charge in [-0.25, -0.2) is 0 Å². The summed E-state index contributed by atoms with van der Waals surface area (Å²) in [5, 5.41) is -0.599. The first kappa shape index (κ1) is 40.6. The van der Waals surface area contributed by atoms with Gasteiger partial charge in [-0.1, -0.05) is 251 Å². The summed E-state index contributed by atoms with van der Waals surface area (Å²) in [5.74, 6) is -0.324. The van der Waals surface area contributed by atoms with Gasteiger partial charge in [0, 0.05) is 82.4 Å². The molecule has 0 fully saturated rings. The van der Waals surface area contributed by atoms with E-state index in [9.17, 15) is 20.6 Å². The van der Waals surface area contributed by atoms with Crippen LogP contribution >= 0.6 is 11.8 Å². The molecule has 0 spiro atoms. The molecule has 6 aliphatic rings. The van der Waals surface area contributed by atoms with Crippen LogP contribution in [0.1, 0.15) is 49.6 Å². The Bertz CT molecular complexity index is 6760. The van der Waals surface area contributed by atoms with Crippen LogP contribution in [0.4, 0.5) is 51.2 Å². The summed E-state index contributed by atoms with van der Waals surface area (Å²) in [4.78, 5) is 7.13. The Morgan fingerprint density at radius 1 is 0.371 bits per heavy atom. The van der Waals surface area contributed by atoms with E-state index in [1.807, 2.05) is 192 Å². The van der Waals surface area contributed by atoms with Crippen LogP contribution in [0.25, 0.3) is 72.0 Å². The summed E-state index contributed by atoms with van der Waals surface area (Å²) in [5.41, 5.74) is 9.71. The van der Waals surface area contributed by atoms with E-state index in [4.69, 9.17) is 12.2 Å². The number of nitrogens with zero attached hydrogens (tertiary/aromatic N) is 4. The summed E-state index contributed by atoms with van der Waals surface area (Å²) in [6.45, 7) is 3.70. The van der Waals surface area contributed by atoms with Crippen molar-refractivity contribution in [1.29, 1.82) is 0 Å². The number of para-hydroxylation sites is 5. The average molecular weight is 1270 g/mol. The molecule has 0 atom stereocenters. The third-order valence-corrected chi connectivity index (χ3v) is 20.9. The van der Waals surface area contributed by atoms with E-state index in [1.165, 1.54) is 11.8 Å². The van der Waals surface area contributed by atoms with Crippen molar-refractivity contribution in [3.8, 4) is 73.2 Å². The maximum atomic E-state index is 12.1. The zero-order valence-electron chi connectivity index (χ0n) is 69.1. The number of fused-ring (bicyclic) bond motifs is 11. The fraction of sp³-hybridized carbons (Fsp3) is 0.0455. The number of aromatic nitrogens is 1. The molecule has 6 nitrogen and oxygen atoms in total. The lowest BCUT2D eigenvalue weighted by Crippen LogP contribution is -2.66. The normalized spacial score (nSPS) is 16.2. The van der Waals surface area contributed by atoms with Crippen molar-refractivity contribution < 1.29 is 32.8 Å². The fourth-order valence-electron chi connectivity index (χ4n) is 15.7. The van der Waals surface area contributed by atoms with Gasteiger partial charge in [0.2, 0.25) is 0 Å². The van der Waals surface area contributed by atoms with Crippen molar-refractivity contribution in [2.24, 2.45) is 0 Å². The van der Waals surface area contributed by atoms with Crippen molar-refractivity contribution >= 4 is 131 Å². The highest BCUT2D eigenvalue weighted by atomic mass is 32.2. The predicted octanol–water partition coefficient (Wildman–Crippen LogP) is 19.8. The molecule has 0 amide bonds. The van der Waals surface area contributed by atoms with E-state index < -0.39 is 109 Å². The number of hydrogen-bond acceptors (Lipinski definition) is 6. The van der Waals surface area contributed by atoms with Crippen LogP contribution in [-0.2, 0) is 5.41 Å². The highest BCUT2D eigenvalue weighted by molar-refractivity contribution is 7.99. The number of rotatable bonds is 7. The van der Waals surface area contributed by atoms with Crippen LogP contribution in [0.3, 0.4) is 0 Å². The first-order valence-corrected chi connectivity index (χ1v) is 33.1. The number of anilines is 9. The van der Waals surface area contributed by atoms with Crippen molar-refractivity contribution in [2.75, 3.05) is 14.7 Å². The van der Waals surface area contributed by atoms with E-state index in [-0.39, 0.29) is 96.4 Å². The molecule has 21 rings (SSSR count). The molecular formula is C88H58B2N4O2S. The lowest BCUT2D eigenvalue weighted by molar-refractivity contribution is 0.465. The summed E-state index contributed by atoms with van der Waals surface area (Å²) in [6, 6.07) is 53.9. The molecule has 0 unspecified atom stereocenters. The molecule has 1 aromatic heterocycles. The van der Waals surface area contributed by atoms with Crippen molar-refractivity contribution in [3.63, 3.8) is 0 Å². The SMILES string of the molecule is [2H]c1c([2H])c2c3c(c1[2H])Oc1c([2H])c([2H])c4c5c1B3c1c(c3c(c([2H])c1N5c1ccccc1S4)N(c1c(-c4ccccc4)cccc1-c1ccccc1)c1cc(C(C)(C)C)cc4c1B3c1c([2H])c([2H])c(-n3c5c([2H])c([2H])c([2H])c([2H])c5c5c([2H])c([2H])c([2H])c([2H])c53)c([2H])c1N4c1c(-c3ccccc3)cccc1-c1ccccc1)O2. The zero-order chi connectivity index (χ0) is 78.7. The molecule has 15 aromatic rings. The summed E-state index contributed by atoms with van der Waals surface area (Å²) >= 11 is 1.31. The van der Waals surface area contributed by atoms with Crippen molar-refractivity contribution in [2.45, 2.75) is 36.0 Å². The molecule has 0 saturated carbocycles. The molecule has 0 N–H and O–H groups in total. The molecule has 9 heteroatoms. The number of hydrogen-bond donors (Lipinski definition) is 0. The minimum atomic E-state index is -1.44. The van der Waals surface area contributed by atoms with E-state index in [1.54, 1.807) is 0 Å². The molecule has 454 valence electrons. The lowest BCUT2D eigenvalue weighted by Gasteiger charge is -2.50. The topological polar surface area (TPSA) is 33.1 Å². The highest BCUT2D eigenvalue weighted by Crippen LogP contribution is 2.59. The maximum Gasteiger partial charge on any atom is 0.266 e. The van der Waals surface area contributed by atoms with Gasteiger partial charge in [-0.3, -0.25) is 0 Å². The Hall–Kier alpha value is -11.6.